The zero-order valence-electron chi connectivity index (χ0n) is 13.9. The molecule has 1 aromatic heterocycles. The van der Waals surface area contributed by atoms with Gasteiger partial charge in [-0.2, -0.15) is 0 Å². The molecule has 1 heterocycles. The van der Waals surface area contributed by atoms with Crippen molar-refractivity contribution >= 4 is 23.7 Å². The Balaban J connectivity index is 0.00000264. The number of methoxy groups -OCH3 is 3. The number of benzene rings is 1. The lowest BCUT2D eigenvalue weighted by Gasteiger charge is -2.28. The lowest BCUT2D eigenvalue weighted by atomic mass is 9.87. The summed E-state index contributed by atoms with van der Waals surface area (Å²) in [5.74, 6) is 1.91. The molecule has 128 valence electrons. The molecule has 0 aliphatic carbocycles. The third kappa shape index (κ3) is 4.10. The Bertz CT molecular complexity index is 593. The lowest BCUT2D eigenvalue weighted by Crippen LogP contribution is -2.37. The maximum absolute atomic E-state index is 6.65. The van der Waals surface area contributed by atoms with Gasteiger partial charge in [-0.05, 0) is 42.0 Å². The lowest BCUT2D eigenvalue weighted by molar-refractivity contribution is 0.323. The van der Waals surface area contributed by atoms with E-state index < -0.39 is 5.54 Å². The third-order valence-corrected chi connectivity index (χ3v) is 4.98. The number of thiophene rings is 1. The fraction of sp³-hybridized carbons (Fsp3) is 0.412. The van der Waals surface area contributed by atoms with E-state index in [2.05, 4.69) is 18.4 Å². The van der Waals surface area contributed by atoms with Crippen LogP contribution in [0.1, 0.15) is 23.8 Å². The molecule has 4 nitrogen and oxygen atoms in total. The number of hydrogen-bond donors (Lipinski definition) is 1. The molecule has 0 amide bonds. The van der Waals surface area contributed by atoms with Gasteiger partial charge in [-0.3, -0.25) is 0 Å². The first-order chi connectivity index (χ1) is 10.6. The summed E-state index contributed by atoms with van der Waals surface area (Å²) in [6, 6.07) is 8.05. The molecule has 0 bridgehead atoms. The number of nitrogens with two attached hydrogens (primary N) is 1. The van der Waals surface area contributed by atoms with Crippen LogP contribution in [0.25, 0.3) is 0 Å². The predicted molar refractivity (Wildman–Crippen MR) is 97.5 cm³/mol. The molecular formula is C17H24ClNO3S. The SMILES string of the molecule is CCC(N)(Cc1cc(OC)c(OC)c(OC)c1)c1cccs1.Cl. The minimum Gasteiger partial charge on any atom is -0.493 e. The average molecular weight is 358 g/mol. The molecule has 0 aliphatic heterocycles. The zero-order valence-corrected chi connectivity index (χ0v) is 15.6. The van der Waals surface area contributed by atoms with Gasteiger partial charge in [0.25, 0.3) is 0 Å². The topological polar surface area (TPSA) is 53.7 Å². The van der Waals surface area contributed by atoms with Gasteiger partial charge >= 0.3 is 0 Å². The van der Waals surface area contributed by atoms with E-state index in [1.165, 1.54) is 4.88 Å². The highest BCUT2D eigenvalue weighted by molar-refractivity contribution is 7.10. The van der Waals surface area contributed by atoms with Crippen LogP contribution in [0.15, 0.2) is 29.6 Å². The van der Waals surface area contributed by atoms with Crippen LogP contribution in [0.3, 0.4) is 0 Å². The smallest absolute Gasteiger partial charge is 0.203 e. The molecule has 2 aromatic rings. The Morgan fingerprint density at radius 1 is 1.09 bits per heavy atom. The molecule has 6 heteroatoms. The summed E-state index contributed by atoms with van der Waals surface area (Å²) in [5, 5.41) is 2.06. The molecule has 1 atom stereocenters. The fourth-order valence-corrected chi connectivity index (χ4v) is 3.46. The van der Waals surface area contributed by atoms with Gasteiger partial charge in [0.2, 0.25) is 5.75 Å². The van der Waals surface area contributed by atoms with Crippen LogP contribution in [0.5, 0.6) is 17.2 Å². The predicted octanol–water partition coefficient (Wildman–Crippen LogP) is 4.00. The Morgan fingerprint density at radius 2 is 1.70 bits per heavy atom. The Morgan fingerprint density at radius 3 is 2.09 bits per heavy atom. The van der Waals surface area contributed by atoms with Gasteiger partial charge in [0.05, 0.1) is 26.9 Å². The van der Waals surface area contributed by atoms with Crippen molar-refractivity contribution in [1.82, 2.24) is 0 Å². The molecule has 0 aliphatic rings. The van der Waals surface area contributed by atoms with Crippen LogP contribution in [0, 0.1) is 0 Å². The highest BCUT2D eigenvalue weighted by Gasteiger charge is 2.28. The number of ether oxygens (including phenoxy) is 3. The van der Waals surface area contributed by atoms with E-state index in [4.69, 9.17) is 19.9 Å². The van der Waals surface area contributed by atoms with Crippen LogP contribution in [0.4, 0.5) is 0 Å². The minimum absolute atomic E-state index is 0. The van der Waals surface area contributed by atoms with Gasteiger partial charge in [-0.25, -0.2) is 0 Å². The summed E-state index contributed by atoms with van der Waals surface area (Å²) >= 11 is 1.69. The molecule has 23 heavy (non-hydrogen) atoms. The molecule has 0 fully saturated rings. The van der Waals surface area contributed by atoms with Crippen molar-refractivity contribution in [3.05, 3.63) is 40.1 Å². The van der Waals surface area contributed by atoms with Crippen LogP contribution in [-0.4, -0.2) is 21.3 Å². The zero-order chi connectivity index (χ0) is 16.2. The minimum atomic E-state index is -0.390. The second-order valence-electron chi connectivity index (χ2n) is 5.20. The van der Waals surface area contributed by atoms with Crippen LogP contribution in [-0.2, 0) is 12.0 Å². The molecule has 2 rings (SSSR count). The summed E-state index contributed by atoms with van der Waals surface area (Å²) in [5.41, 5.74) is 7.32. The summed E-state index contributed by atoms with van der Waals surface area (Å²) in [6.07, 6.45) is 1.56. The Kier molecular flexibility index (Phi) is 7.19. The molecule has 0 spiro atoms. The molecule has 1 aromatic carbocycles. The van der Waals surface area contributed by atoms with Gasteiger partial charge in [0.1, 0.15) is 0 Å². The Labute approximate surface area is 148 Å². The first-order valence-electron chi connectivity index (χ1n) is 7.19. The largest absolute Gasteiger partial charge is 0.493 e. The van der Waals surface area contributed by atoms with Gasteiger partial charge in [0, 0.05) is 4.88 Å². The van der Waals surface area contributed by atoms with E-state index in [1.54, 1.807) is 32.7 Å². The first-order valence-corrected chi connectivity index (χ1v) is 8.07. The molecular weight excluding hydrogens is 334 g/mol. The fourth-order valence-electron chi connectivity index (χ4n) is 2.55. The number of halogens is 1. The van der Waals surface area contributed by atoms with E-state index in [9.17, 15) is 0 Å². The monoisotopic (exact) mass is 357 g/mol. The highest BCUT2D eigenvalue weighted by Crippen LogP contribution is 2.40. The van der Waals surface area contributed by atoms with Crippen molar-refractivity contribution in [3.8, 4) is 17.2 Å². The maximum atomic E-state index is 6.65. The molecule has 1 unspecified atom stereocenters. The first kappa shape index (κ1) is 19.6. The van der Waals surface area contributed by atoms with Crippen molar-refractivity contribution in [3.63, 3.8) is 0 Å². The van der Waals surface area contributed by atoms with Crippen molar-refractivity contribution in [2.24, 2.45) is 5.73 Å². The average Bonchev–Trinajstić information content (AvgIpc) is 3.08. The van der Waals surface area contributed by atoms with Crippen LogP contribution >= 0.6 is 23.7 Å². The quantitative estimate of drug-likeness (QED) is 0.813. The second kappa shape index (κ2) is 8.43. The van der Waals surface area contributed by atoms with Crippen molar-refractivity contribution < 1.29 is 14.2 Å². The molecule has 0 saturated carbocycles. The molecule has 0 saturated heterocycles. The third-order valence-electron chi connectivity index (χ3n) is 3.89. The van der Waals surface area contributed by atoms with Crippen molar-refractivity contribution in [1.29, 1.82) is 0 Å². The summed E-state index contributed by atoms with van der Waals surface area (Å²) in [7, 11) is 4.84. The Hall–Kier alpha value is -1.43. The van der Waals surface area contributed by atoms with Gasteiger partial charge in [-0.15, -0.1) is 23.7 Å². The van der Waals surface area contributed by atoms with Gasteiger partial charge in [0.15, 0.2) is 11.5 Å². The van der Waals surface area contributed by atoms with E-state index in [0.717, 1.165) is 12.0 Å². The summed E-state index contributed by atoms with van der Waals surface area (Å²) in [4.78, 5) is 1.18. The molecule has 0 radical (unpaired) electrons. The summed E-state index contributed by atoms with van der Waals surface area (Å²) in [6.45, 7) is 2.11. The van der Waals surface area contributed by atoms with Crippen LogP contribution in [0.2, 0.25) is 0 Å². The van der Waals surface area contributed by atoms with Gasteiger partial charge in [-0.1, -0.05) is 13.0 Å². The maximum Gasteiger partial charge on any atom is 0.203 e. The summed E-state index contributed by atoms with van der Waals surface area (Å²) < 4.78 is 16.2. The van der Waals surface area contributed by atoms with E-state index in [1.807, 2.05) is 18.2 Å². The second-order valence-corrected chi connectivity index (χ2v) is 6.15. The van der Waals surface area contributed by atoms with Gasteiger partial charge < -0.3 is 19.9 Å². The molecule has 2 N–H and O–H groups in total. The van der Waals surface area contributed by atoms with Crippen molar-refractivity contribution in [2.75, 3.05) is 21.3 Å². The number of rotatable bonds is 7. The number of hydrogen-bond acceptors (Lipinski definition) is 5. The standard InChI is InChI=1S/C17H23NO3S.ClH/c1-5-17(18,15-7-6-8-22-15)11-12-9-13(19-2)16(21-4)14(10-12)20-3;/h6-10H,5,11,18H2,1-4H3;1H. The van der Waals surface area contributed by atoms with E-state index in [0.29, 0.717) is 23.7 Å². The van der Waals surface area contributed by atoms with E-state index in [-0.39, 0.29) is 12.4 Å². The van der Waals surface area contributed by atoms with Crippen LogP contribution < -0.4 is 19.9 Å². The van der Waals surface area contributed by atoms with Crippen molar-refractivity contribution in [2.45, 2.75) is 25.3 Å². The van der Waals surface area contributed by atoms with E-state index >= 15 is 0 Å². The normalized spacial score (nSPS) is 12.9. The highest BCUT2D eigenvalue weighted by atomic mass is 35.5.